The quantitative estimate of drug-likeness (QED) is 0.511. The highest BCUT2D eigenvalue weighted by atomic mass is 35.5. The van der Waals surface area contributed by atoms with E-state index in [9.17, 15) is 9.59 Å². The van der Waals surface area contributed by atoms with Gasteiger partial charge in [-0.05, 0) is 49.2 Å². The van der Waals surface area contributed by atoms with Crippen LogP contribution in [0.15, 0.2) is 53.7 Å². The average Bonchev–Trinajstić information content (AvgIpc) is 2.73. The largest absolute Gasteiger partial charge is 0.493 e. The maximum absolute atomic E-state index is 13.1. The fourth-order valence-electron chi connectivity index (χ4n) is 3.32. The first-order chi connectivity index (χ1) is 14.9. The second-order valence-electron chi connectivity index (χ2n) is 7.15. The Balaban J connectivity index is 1.91. The Morgan fingerprint density at radius 1 is 1.19 bits per heavy atom. The van der Waals surface area contributed by atoms with Crippen molar-refractivity contribution < 1.29 is 19.1 Å². The molecule has 0 radical (unpaired) electrons. The van der Waals surface area contributed by atoms with Crippen LogP contribution in [0.5, 0.6) is 11.5 Å². The summed E-state index contributed by atoms with van der Waals surface area (Å²) < 4.78 is 11.3. The Kier molecular flexibility index (Phi) is 7.41. The molecule has 0 bridgehead atoms. The topological polar surface area (TPSA) is 88.7 Å². The van der Waals surface area contributed by atoms with Crippen molar-refractivity contribution in [3.63, 3.8) is 0 Å². The maximum Gasteiger partial charge on any atom is 0.319 e. The molecule has 0 aromatic heterocycles. The summed E-state index contributed by atoms with van der Waals surface area (Å²) >= 11 is 6.02. The van der Waals surface area contributed by atoms with E-state index in [-0.39, 0.29) is 11.9 Å². The minimum Gasteiger partial charge on any atom is -0.493 e. The van der Waals surface area contributed by atoms with Crippen LogP contribution < -0.4 is 25.4 Å². The highest BCUT2D eigenvalue weighted by Crippen LogP contribution is 2.34. The van der Waals surface area contributed by atoms with E-state index in [2.05, 4.69) is 22.9 Å². The molecule has 31 heavy (non-hydrogen) atoms. The van der Waals surface area contributed by atoms with Crippen LogP contribution in [0.1, 0.15) is 38.3 Å². The van der Waals surface area contributed by atoms with Crippen molar-refractivity contribution in [2.75, 3.05) is 19.0 Å². The maximum atomic E-state index is 13.1. The fraction of sp³-hybridized carbons (Fsp3) is 0.304. The molecule has 3 amide bonds. The number of amides is 3. The molecule has 1 aliphatic heterocycles. The predicted octanol–water partition coefficient (Wildman–Crippen LogP) is 4.79. The number of hydrogen-bond acceptors (Lipinski definition) is 4. The summed E-state index contributed by atoms with van der Waals surface area (Å²) in [6.45, 7) is 4.37. The summed E-state index contributed by atoms with van der Waals surface area (Å²) in [6.07, 6.45) is 1.96. The molecule has 0 fully saturated rings. The Hall–Kier alpha value is -3.19. The monoisotopic (exact) mass is 443 g/mol. The Morgan fingerprint density at radius 3 is 2.71 bits per heavy atom. The first kappa shape index (κ1) is 22.5. The van der Waals surface area contributed by atoms with Crippen LogP contribution in [0.25, 0.3) is 0 Å². The Morgan fingerprint density at radius 2 is 2.00 bits per heavy atom. The van der Waals surface area contributed by atoms with Gasteiger partial charge in [0.1, 0.15) is 0 Å². The third-order valence-electron chi connectivity index (χ3n) is 4.87. The van der Waals surface area contributed by atoms with Gasteiger partial charge in [0.2, 0.25) is 0 Å². The third kappa shape index (κ3) is 5.49. The minimum atomic E-state index is -0.661. The van der Waals surface area contributed by atoms with Crippen molar-refractivity contribution in [3.8, 4) is 11.5 Å². The van der Waals surface area contributed by atoms with Gasteiger partial charge in [-0.3, -0.25) is 4.79 Å². The number of hydrogen-bond donors (Lipinski definition) is 3. The zero-order chi connectivity index (χ0) is 22.4. The van der Waals surface area contributed by atoms with Gasteiger partial charge < -0.3 is 25.4 Å². The summed E-state index contributed by atoms with van der Waals surface area (Å²) in [7, 11) is 1.56. The zero-order valence-corrected chi connectivity index (χ0v) is 18.5. The van der Waals surface area contributed by atoms with Crippen LogP contribution in [0.3, 0.4) is 0 Å². The lowest BCUT2D eigenvalue weighted by molar-refractivity contribution is -0.113. The van der Waals surface area contributed by atoms with Crippen LogP contribution in [0.4, 0.5) is 10.5 Å². The van der Waals surface area contributed by atoms with Crippen molar-refractivity contribution in [2.45, 2.75) is 32.7 Å². The van der Waals surface area contributed by atoms with Gasteiger partial charge in [0.15, 0.2) is 11.5 Å². The van der Waals surface area contributed by atoms with Crippen molar-refractivity contribution in [1.29, 1.82) is 0 Å². The Bertz CT molecular complexity index is 1010. The molecule has 164 valence electrons. The molecular formula is C23H26ClN3O4. The number of halogens is 1. The van der Waals surface area contributed by atoms with Crippen molar-refractivity contribution in [3.05, 3.63) is 64.3 Å². The number of urea groups is 1. The summed E-state index contributed by atoms with van der Waals surface area (Å²) in [4.78, 5) is 25.3. The molecule has 3 rings (SSSR count). The van der Waals surface area contributed by atoms with Gasteiger partial charge in [-0.25, -0.2) is 4.79 Å². The van der Waals surface area contributed by atoms with Crippen LogP contribution in [-0.2, 0) is 4.79 Å². The molecule has 1 atom stereocenters. The van der Waals surface area contributed by atoms with Gasteiger partial charge in [0.05, 0.1) is 25.3 Å². The van der Waals surface area contributed by atoms with E-state index in [4.69, 9.17) is 21.1 Å². The second kappa shape index (κ2) is 10.2. The molecule has 2 aromatic carbocycles. The van der Waals surface area contributed by atoms with E-state index in [1.165, 1.54) is 0 Å². The predicted molar refractivity (Wildman–Crippen MR) is 121 cm³/mol. The highest BCUT2D eigenvalue weighted by Gasteiger charge is 2.31. The summed E-state index contributed by atoms with van der Waals surface area (Å²) in [6, 6.07) is 11.2. The molecule has 8 heteroatoms. The lowest BCUT2D eigenvalue weighted by atomic mass is 9.94. The average molecular weight is 444 g/mol. The van der Waals surface area contributed by atoms with Gasteiger partial charge >= 0.3 is 6.03 Å². The number of ether oxygens (including phenoxy) is 2. The highest BCUT2D eigenvalue weighted by molar-refractivity contribution is 6.31. The molecule has 0 spiro atoms. The first-order valence-electron chi connectivity index (χ1n) is 10.1. The summed E-state index contributed by atoms with van der Waals surface area (Å²) in [5, 5.41) is 8.85. The lowest BCUT2D eigenvalue weighted by Crippen LogP contribution is -2.46. The normalized spacial score (nSPS) is 15.7. The molecule has 0 unspecified atom stereocenters. The van der Waals surface area contributed by atoms with Gasteiger partial charge in [-0.2, -0.15) is 0 Å². The van der Waals surface area contributed by atoms with E-state index < -0.39 is 6.04 Å². The number of nitrogens with one attached hydrogen (secondary N) is 3. The molecule has 3 N–H and O–H groups in total. The standard InChI is InChI=1S/C23H26ClN3O4/c1-4-5-11-31-18-10-9-15(12-19(18)30-3)21-20(14(2)25-23(29)27-21)22(28)26-17-8-6-7-16(24)13-17/h6-10,12-13,21H,4-5,11H2,1-3H3,(H,26,28)(H2,25,27,29)/t21-/m0/s1. The van der Waals surface area contributed by atoms with Crippen molar-refractivity contribution in [2.24, 2.45) is 0 Å². The Labute approximate surface area is 186 Å². The molecular weight excluding hydrogens is 418 g/mol. The molecule has 0 saturated carbocycles. The summed E-state index contributed by atoms with van der Waals surface area (Å²) in [5.74, 6) is 0.804. The van der Waals surface area contributed by atoms with E-state index in [0.717, 1.165) is 12.8 Å². The number of rotatable bonds is 8. The molecule has 2 aromatic rings. The lowest BCUT2D eigenvalue weighted by Gasteiger charge is -2.29. The molecule has 7 nitrogen and oxygen atoms in total. The smallest absolute Gasteiger partial charge is 0.319 e. The SMILES string of the molecule is CCCCOc1ccc([C@@H]2NC(=O)NC(C)=C2C(=O)Nc2cccc(Cl)c2)cc1OC. The molecule has 1 heterocycles. The van der Waals surface area contributed by atoms with E-state index in [1.807, 2.05) is 6.07 Å². The number of anilines is 1. The molecule has 0 saturated heterocycles. The van der Waals surface area contributed by atoms with Crippen molar-refractivity contribution >= 4 is 29.2 Å². The van der Waals surface area contributed by atoms with Gasteiger partial charge in [-0.15, -0.1) is 0 Å². The number of benzene rings is 2. The van der Waals surface area contributed by atoms with Crippen LogP contribution >= 0.6 is 11.6 Å². The second-order valence-corrected chi connectivity index (χ2v) is 7.58. The number of allylic oxidation sites excluding steroid dienone is 1. The number of carbonyl (C=O) groups excluding carboxylic acids is 2. The number of methoxy groups -OCH3 is 1. The van der Waals surface area contributed by atoms with Gasteiger partial charge in [-0.1, -0.05) is 37.1 Å². The number of unbranched alkanes of at least 4 members (excludes halogenated alkanes) is 1. The van der Waals surface area contributed by atoms with Crippen molar-refractivity contribution in [1.82, 2.24) is 10.6 Å². The van der Waals surface area contributed by atoms with Crippen LogP contribution in [-0.4, -0.2) is 25.7 Å². The molecule has 0 aliphatic carbocycles. The van der Waals surface area contributed by atoms with E-state index in [0.29, 0.717) is 45.6 Å². The number of carbonyl (C=O) groups is 2. The van der Waals surface area contributed by atoms with Gasteiger partial charge in [0, 0.05) is 16.4 Å². The zero-order valence-electron chi connectivity index (χ0n) is 17.8. The third-order valence-corrected chi connectivity index (χ3v) is 5.11. The molecule has 1 aliphatic rings. The van der Waals surface area contributed by atoms with E-state index >= 15 is 0 Å². The van der Waals surface area contributed by atoms with Crippen LogP contribution in [0.2, 0.25) is 5.02 Å². The van der Waals surface area contributed by atoms with E-state index in [1.54, 1.807) is 50.4 Å². The van der Waals surface area contributed by atoms with Crippen LogP contribution in [0, 0.1) is 0 Å². The summed E-state index contributed by atoms with van der Waals surface area (Å²) in [5.41, 5.74) is 2.12. The fourth-order valence-corrected chi connectivity index (χ4v) is 3.51. The van der Waals surface area contributed by atoms with Gasteiger partial charge in [0.25, 0.3) is 5.91 Å². The minimum absolute atomic E-state index is 0.348. The first-order valence-corrected chi connectivity index (χ1v) is 10.5.